The number of hydrogen-bond acceptors (Lipinski definition) is 5. The molecule has 0 N–H and O–H groups in total. The lowest BCUT2D eigenvalue weighted by atomic mass is 9.78. The van der Waals surface area contributed by atoms with Gasteiger partial charge in [-0.1, -0.05) is 24.3 Å². The maximum atomic E-state index is 12.4. The second kappa shape index (κ2) is 8.10. The monoisotopic (exact) mass is 426 g/mol. The maximum Gasteiger partial charge on any atom is 0.494 e. The van der Waals surface area contributed by atoms with Crippen LogP contribution in [-0.2, 0) is 14.0 Å². The summed E-state index contributed by atoms with van der Waals surface area (Å²) in [5.74, 6) is 0. The molecule has 0 unspecified atom stereocenters. The summed E-state index contributed by atoms with van der Waals surface area (Å²) in [7, 11) is 1.38. The molecule has 1 aromatic rings. The van der Waals surface area contributed by atoms with Crippen molar-refractivity contribution >= 4 is 30.0 Å². The Hall–Kier alpha value is -2.12. The van der Waals surface area contributed by atoms with E-state index in [9.17, 15) is 4.79 Å². The first-order chi connectivity index (χ1) is 14.2. The number of carbonyl (C=O) groups is 1. The molecule has 168 valence electrons. The highest BCUT2D eigenvalue weighted by Crippen LogP contribution is 2.36. The molecule has 1 amide bonds. The Morgan fingerprint density at radius 3 is 2.19 bits per heavy atom. The average molecular weight is 426 g/mol. The summed E-state index contributed by atoms with van der Waals surface area (Å²) in [6.07, 6.45) is 2.24. The van der Waals surface area contributed by atoms with Crippen molar-refractivity contribution in [1.29, 1.82) is 0 Å². The molecule has 2 aliphatic rings. The molecule has 1 saturated heterocycles. The third-order valence-electron chi connectivity index (χ3n) is 6.31. The highest BCUT2D eigenvalue weighted by Gasteiger charge is 2.51. The molecule has 0 spiro atoms. The number of amides is 1. The van der Waals surface area contributed by atoms with Gasteiger partial charge in [0.2, 0.25) is 0 Å². The number of hydrogen-bond donors (Lipinski definition) is 0. The zero-order valence-electron chi connectivity index (χ0n) is 20.3. The maximum absolute atomic E-state index is 12.4. The summed E-state index contributed by atoms with van der Waals surface area (Å²) in [6.45, 7) is 15.8. The van der Waals surface area contributed by atoms with Crippen molar-refractivity contribution in [2.75, 3.05) is 7.05 Å². The van der Waals surface area contributed by atoms with Crippen molar-refractivity contribution in [3.63, 3.8) is 0 Å². The smallest absolute Gasteiger partial charge is 0.444 e. The van der Waals surface area contributed by atoms with Crippen molar-refractivity contribution in [1.82, 2.24) is 4.90 Å². The Kier molecular flexibility index (Phi) is 6.15. The van der Waals surface area contributed by atoms with Gasteiger partial charge in [-0.2, -0.15) is 0 Å². The summed E-state index contributed by atoms with van der Waals surface area (Å²) in [5.41, 5.74) is 2.93. The van der Waals surface area contributed by atoms with Crippen LogP contribution in [0.25, 0.3) is 5.57 Å². The molecule has 0 radical (unpaired) electrons. The molecule has 0 aliphatic carbocycles. The summed E-state index contributed by atoms with van der Waals surface area (Å²) < 4.78 is 17.8. The van der Waals surface area contributed by atoms with Crippen molar-refractivity contribution < 1.29 is 18.8 Å². The van der Waals surface area contributed by atoms with Crippen LogP contribution in [0.1, 0.15) is 67.4 Å². The Morgan fingerprint density at radius 1 is 1.13 bits per heavy atom. The molecular formula is C24H35BN2O4. The zero-order valence-corrected chi connectivity index (χ0v) is 20.3. The van der Waals surface area contributed by atoms with Gasteiger partial charge in [0.25, 0.3) is 0 Å². The lowest BCUT2D eigenvalue weighted by Gasteiger charge is -2.32. The van der Waals surface area contributed by atoms with Gasteiger partial charge >= 0.3 is 13.2 Å². The van der Waals surface area contributed by atoms with Gasteiger partial charge in [0.15, 0.2) is 0 Å². The first-order valence-electron chi connectivity index (χ1n) is 10.9. The van der Waals surface area contributed by atoms with Crippen LogP contribution in [-0.4, -0.2) is 53.7 Å². The number of nitrogens with zero attached hydrogens (tertiary/aromatic N) is 2. The van der Waals surface area contributed by atoms with Gasteiger partial charge in [-0.3, -0.25) is 4.99 Å². The number of carbonyl (C=O) groups excluding carboxylic acids is 1. The van der Waals surface area contributed by atoms with E-state index in [1.54, 1.807) is 11.9 Å². The molecule has 0 bridgehead atoms. The number of allylic oxidation sites excluding steroid dienone is 1. The van der Waals surface area contributed by atoms with E-state index in [1.165, 1.54) is 0 Å². The first-order valence-corrected chi connectivity index (χ1v) is 10.9. The Balaban J connectivity index is 1.62. The van der Waals surface area contributed by atoms with Gasteiger partial charge in [0.1, 0.15) is 5.60 Å². The fraction of sp³-hybridized carbons (Fsp3) is 0.583. The Morgan fingerprint density at radius 2 is 1.68 bits per heavy atom. The van der Waals surface area contributed by atoms with Crippen LogP contribution in [0.5, 0.6) is 0 Å². The number of benzene rings is 1. The third kappa shape index (κ3) is 5.04. The number of rotatable bonds is 4. The van der Waals surface area contributed by atoms with Crippen molar-refractivity contribution in [3.05, 3.63) is 36.0 Å². The van der Waals surface area contributed by atoms with Crippen LogP contribution in [0.3, 0.4) is 0 Å². The van der Waals surface area contributed by atoms with Crippen LogP contribution in [0.4, 0.5) is 4.79 Å². The first kappa shape index (κ1) is 23.5. The predicted molar refractivity (Wildman–Crippen MR) is 126 cm³/mol. The van der Waals surface area contributed by atoms with Crippen LogP contribution in [0.15, 0.2) is 35.5 Å². The van der Waals surface area contributed by atoms with Gasteiger partial charge in [-0.25, -0.2) is 4.79 Å². The lowest BCUT2D eigenvalue weighted by Crippen LogP contribution is -2.42. The second-order valence-electron chi connectivity index (χ2n) is 10.4. The molecule has 2 aliphatic heterocycles. The normalized spacial score (nSPS) is 20.9. The van der Waals surface area contributed by atoms with Crippen molar-refractivity contribution in [3.8, 4) is 0 Å². The minimum absolute atomic E-state index is 0.146. The van der Waals surface area contributed by atoms with Crippen molar-refractivity contribution in [2.45, 2.75) is 84.7 Å². The quantitative estimate of drug-likeness (QED) is 0.669. The van der Waals surface area contributed by atoms with E-state index in [1.807, 2.05) is 46.0 Å². The summed E-state index contributed by atoms with van der Waals surface area (Å²) >= 11 is 0. The zero-order chi connectivity index (χ0) is 23.2. The van der Waals surface area contributed by atoms with Gasteiger partial charge in [0.05, 0.1) is 17.2 Å². The molecule has 31 heavy (non-hydrogen) atoms. The van der Waals surface area contributed by atoms with Gasteiger partial charge in [0, 0.05) is 25.4 Å². The Labute approximate surface area is 186 Å². The van der Waals surface area contributed by atoms with Crippen molar-refractivity contribution in [2.24, 2.45) is 4.99 Å². The highest BCUT2D eigenvalue weighted by atomic mass is 16.7. The standard InChI is InChI=1S/C24H35BN2O4/c1-16(27(9)21(28)29-22(2,3)4)20-14-18(15-26-20)17-10-12-19(13-11-17)25-30-23(5,6)24(7,8)31-25/h10-13,15-16H,14H2,1-9H3/t16-/m0/s1. The fourth-order valence-corrected chi connectivity index (χ4v) is 3.43. The number of ether oxygens (including phenoxy) is 1. The van der Waals surface area contributed by atoms with E-state index in [2.05, 4.69) is 44.8 Å². The van der Waals surface area contributed by atoms with E-state index >= 15 is 0 Å². The molecule has 1 aromatic carbocycles. The van der Waals surface area contributed by atoms with Gasteiger partial charge in [-0.05, 0) is 72.0 Å². The van der Waals surface area contributed by atoms with Crippen LogP contribution in [0, 0.1) is 0 Å². The number of aliphatic imine (C=N–C) groups is 1. The summed E-state index contributed by atoms with van der Waals surface area (Å²) in [6, 6.07) is 8.10. The Bertz CT molecular complexity index is 881. The third-order valence-corrected chi connectivity index (χ3v) is 6.31. The summed E-state index contributed by atoms with van der Waals surface area (Å²) in [4.78, 5) is 18.6. The molecule has 3 rings (SSSR count). The average Bonchev–Trinajstić information content (AvgIpc) is 3.22. The van der Waals surface area contributed by atoms with Crippen LogP contribution < -0.4 is 5.46 Å². The van der Waals surface area contributed by atoms with E-state index in [0.717, 1.165) is 22.3 Å². The molecule has 1 fully saturated rings. The van der Waals surface area contributed by atoms with Gasteiger partial charge in [-0.15, -0.1) is 0 Å². The molecule has 2 heterocycles. The topological polar surface area (TPSA) is 60.4 Å². The predicted octanol–water partition coefficient (Wildman–Crippen LogP) is 4.43. The van der Waals surface area contributed by atoms with Crippen LogP contribution >= 0.6 is 0 Å². The van der Waals surface area contributed by atoms with E-state index in [0.29, 0.717) is 6.42 Å². The molecule has 1 atom stereocenters. The van der Waals surface area contributed by atoms with Crippen LogP contribution in [0.2, 0.25) is 0 Å². The minimum Gasteiger partial charge on any atom is -0.444 e. The van der Waals surface area contributed by atoms with E-state index in [4.69, 9.17) is 14.0 Å². The molecule has 6 nitrogen and oxygen atoms in total. The van der Waals surface area contributed by atoms with E-state index < -0.39 is 5.60 Å². The largest absolute Gasteiger partial charge is 0.494 e. The second-order valence-corrected chi connectivity index (χ2v) is 10.4. The molecule has 0 aromatic heterocycles. The fourth-order valence-electron chi connectivity index (χ4n) is 3.43. The van der Waals surface area contributed by atoms with Gasteiger partial charge < -0.3 is 18.9 Å². The highest BCUT2D eigenvalue weighted by molar-refractivity contribution is 6.62. The lowest BCUT2D eigenvalue weighted by molar-refractivity contribution is 0.00578. The SMILES string of the molecule is C[C@@H](C1=NC=C(c2ccc(B3OC(C)(C)C(C)(C)O3)cc2)C1)N(C)C(=O)OC(C)(C)C. The molecule has 7 heteroatoms. The summed E-state index contributed by atoms with van der Waals surface area (Å²) in [5, 5.41) is 0. The minimum atomic E-state index is -0.523. The molecular weight excluding hydrogens is 391 g/mol. The van der Waals surface area contributed by atoms with E-state index in [-0.39, 0.29) is 30.5 Å². The molecule has 0 saturated carbocycles.